The lowest BCUT2D eigenvalue weighted by molar-refractivity contribution is 0.0566. The molecule has 10 nitrogen and oxygen atoms in total. The smallest absolute Gasteiger partial charge is 0.409 e. The van der Waals surface area contributed by atoms with Crippen LogP contribution in [0.5, 0.6) is 0 Å². The van der Waals surface area contributed by atoms with Gasteiger partial charge in [-0.1, -0.05) is 31.0 Å². The topological polar surface area (TPSA) is 111 Å². The zero-order valence-electron chi connectivity index (χ0n) is 22.9. The summed E-state index contributed by atoms with van der Waals surface area (Å²) in [4.78, 5) is 53.9. The monoisotopic (exact) mass is 585 g/mol. The maximum absolute atomic E-state index is 14.0. The summed E-state index contributed by atoms with van der Waals surface area (Å²) in [6.45, 7) is 3.77. The molecule has 214 valence electrons. The number of carbonyl (C=O) groups is 2. The first-order chi connectivity index (χ1) is 19.5. The summed E-state index contributed by atoms with van der Waals surface area (Å²) in [6.07, 6.45) is 10.8. The van der Waals surface area contributed by atoms with Gasteiger partial charge in [-0.15, -0.1) is 11.3 Å². The number of carbonyl (C=O) groups excluding carboxylic acids is 2. The van der Waals surface area contributed by atoms with Crippen molar-refractivity contribution in [3.8, 4) is 0 Å². The minimum atomic E-state index is -0.350. The SMILES string of the molecule is CCOC(=O)N1CCN(C(=O)c2coc(CSc3nc4sc5c(c4c(=O)n3C3CCCCC3)CCCC5)n2)CC1. The molecule has 40 heavy (non-hydrogen) atoms. The molecule has 0 atom stereocenters. The molecule has 6 rings (SSSR count). The number of aromatic nitrogens is 3. The lowest BCUT2D eigenvalue weighted by Crippen LogP contribution is -2.50. The first-order valence-corrected chi connectivity index (χ1v) is 16.2. The van der Waals surface area contributed by atoms with E-state index in [-0.39, 0.29) is 29.3 Å². The zero-order valence-corrected chi connectivity index (χ0v) is 24.5. The number of amides is 2. The Morgan fingerprint density at radius 1 is 1.05 bits per heavy atom. The molecule has 3 aromatic heterocycles. The van der Waals surface area contributed by atoms with Crippen molar-refractivity contribution in [1.29, 1.82) is 0 Å². The van der Waals surface area contributed by atoms with E-state index in [0.717, 1.165) is 55.2 Å². The molecule has 2 aliphatic carbocycles. The minimum Gasteiger partial charge on any atom is -0.450 e. The normalized spacial score (nSPS) is 18.2. The van der Waals surface area contributed by atoms with Crippen LogP contribution in [0.1, 0.15) is 84.7 Å². The van der Waals surface area contributed by atoms with Gasteiger partial charge >= 0.3 is 6.09 Å². The molecule has 1 saturated heterocycles. The number of thiophene rings is 1. The number of nitrogens with zero attached hydrogens (tertiary/aromatic N) is 5. The standard InChI is InChI=1S/C28H35N5O5S2/c1-2-37-28(36)32-14-12-31(13-15-32)25(34)20-16-38-22(29-20)17-39-27-30-24-23(19-10-6-7-11-21(19)40-24)26(35)33(27)18-8-4-3-5-9-18/h16,18H,2-15,17H2,1H3. The lowest BCUT2D eigenvalue weighted by atomic mass is 9.94. The van der Waals surface area contributed by atoms with Gasteiger partial charge in [-0.3, -0.25) is 14.2 Å². The molecular formula is C28H35N5O5S2. The van der Waals surface area contributed by atoms with Crippen molar-refractivity contribution in [3.63, 3.8) is 0 Å². The van der Waals surface area contributed by atoms with Crippen LogP contribution in [0.15, 0.2) is 20.6 Å². The van der Waals surface area contributed by atoms with Crippen LogP contribution in [0.2, 0.25) is 0 Å². The molecule has 12 heteroatoms. The van der Waals surface area contributed by atoms with Crippen molar-refractivity contribution in [3.05, 3.63) is 38.6 Å². The van der Waals surface area contributed by atoms with E-state index >= 15 is 0 Å². The molecule has 2 amide bonds. The largest absolute Gasteiger partial charge is 0.450 e. The molecule has 0 N–H and O–H groups in total. The fraction of sp³-hybridized carbons (Fsp3) is 0.607. The van der Waals surface area contributed by atoms with Crippen molar-refractivity contribution >= 4 is 45.3 Å². The van der Waals surface area contributed by atoms with Gasteiger partial charge in [0.1, 0.15) is 11.1 Å². The van der Waals surface area contributed by atoms with Crippen molar-refractivity contribution in [2.75, 3.05) is 32.8 Å². The highest BCUT2D eigenvalue weighted by molar-refractivity contribution is 7.98. The third-order valence-corrected chi connectivity index (χ3v) is 10.2. The quantitative estimate of drug-likeness (QED) is 0.292. The Morgan fingerprint density at radius 2 is 1.80 bits per heavy atom. The highest BCUT2D eigenvalue weighted by atomic mass is 32.2. The van der Waals surface area contributed by atoms with Crippen molar-refractivity contribution in [2.24, 2.45) is 0 Å². The Balaban J connectivity index is 1.19. The Labute approximate surface area is 241 Å². The zero-order chi connectivity index (χ0) is 27.6. The highest BCUT2D eigenvalue weighted by Gasteiger charge is 2.29. The van der Waals surface area contributed by atoms with Gasteiger partial charge in [-0.2, -0.15) is 0 Å². The maximum atomic E-state index is 14.0. The highest BCUT2D eigenvalue weighted by Crippen LogP contribution is 2.37. The van der Waals surface area contributed by atoms with Crippen LogP contribution in [-0.2, 0) is 23.3 Å². The van der Waals surface area contributed by atoms with E-state index in [4.69, 9.17) is 14.1 Å². The number of ether oxygens (including phenoxy) is 1. The average molecular weight is 586 g/mol. The number of piperazine rings is 1. The van der Waals surface area contributed by atoms with Gasteiger partial charge in [-0.05, 0) is 51.0 Å². The fourth-order valence-electron chi connectivity index (χ4n) is 6.03. The van der Waals surface area contributed by atoms with E-state index in [1.54, 1.807) is 28.1 Å². The fourth-order valence-corrected chi connectivity index (χ4v) is 8.25. The first kappa shape index (κ1) is 27.3. The van der Waals surface area contributed by atoms with Gasteiger partial charge in [-0.25, -0.2) is 14.8 Å². The van der Waals surface area contributed by atoms with Gasteiger partial charge in [0, 0.05) is 37.1 Å². The number of fused-ring (bicyclic) bond motifs is 3. The van der Waals surface area contributed by atoms with E-state index in [2.05, 4.69) is 4.98 Å². The number of rotatable bonds is 6. The molecule has 1 saturated carbocycles. The van der Waals surface area contributed by atoms with Crippen molar-refractivity contribution < 1.29 is 18.7 Å². The van der Waals surface area contributed by atoms with E-state index < -0.39 is 0 Å². The van der Waals surface area contributed by atoms with Crippen molar-refractivity contribution in [2.45, 2.75) is 81.7 Å². The van der Waals surface area contributed by atoms with Gasteiger partial charge < -0.3 is 19.0 Å². The minimum absolute atomic E-state index is 0.101. The Hall–Kier alpha value is -2.86. The van der Waals surface area contributed by atoms with Crippen LogP contribution in [0.4, 0.5) is 4.79 Å². The number of aryl methyl sites for hydroxylation is 2. The molecule has 0 radical (unpaired) electrons. The average Bonchev–Trinajstić information content (AvgIpc) is 3.61. The molecule has 1 aliphatic heterocycles. The summed E-state index contributed by atoms with van der Waals surface area (Å²) in [6, 6.07) is 0.162. The third-order valence-electron chi connectivity index (χ3n) is 8.12. The molecule has 3 aliphatic rings. The van der Waals surface area contributed by atoms with Crippen LogP contribution in [-0.4, -0.2) is 69.1 Å². The predicted molar refractivity (Wildman–Crippen MR) is 153 cm³/mol. The predicted octanol–water partition coefficient (Wildman–Crippen LogP) is 5.04. The van der Waals surface area contributed by atoms with E-state index in [9.17, 15) is 14.4 Å². The number of thioether (sulfide) groups is 1. The summed E-state index contributed by atoms with van der Waals surface area (Å²) in [5, 5.41) is 1.55. The maximum Gasteiger partial charge on any atom is 0.409 e. The summed E-state index contributed by atoms with van der Waals surface area (Å²) in [7, 11) is 0. The Kier molecular flexibility index (Phi) is 8.15. The number of hydrogen-bond acceptors (Lipinski definition) is 9. The van der Waals surface area contributed by atoms with Crippen LogP contribution in [0.25, 0.3) is 10.2 Å². The lowest BCUT2D eigenvalue weighted by Gasteiger charge is -2.33. The molecule has 0 unspecified atom stereocenters. The van der Waals surface area contributed by atoms with Crippen molar-refractivity contribution in [1.82, 2.24) is 24.3 Å². The summed E-state index contributed by atoms with van der Waals surface area (Å²) in [5.41, 5.74) is 1.58. The molecule has 0 bridgehead atoms. The van der Waals surface area contributed by atoms with E-state index in [0.29, 0.717) is 49.6 Å². The molecule has 0 spiro atoms. The van der Waals surface area contributed by atoms with Crippen LogP contribution in [0.3, 0.4) is 0 Å². The summed E-state index contributed by atoms with van der Waals surface area (Å²) in [5.74, 6) is 0.583. The van der Waals surface area contributed by atoms with E-state index in [1.807, 2.05) is 4.57 Å². The second kappa shape index (κ2) is 11.9. The molecule has 2 fully saturated rings. The van der Waals surface area contributed by atoms with Crippen LogP contribution < -0.4 is 5.56 Å². The second-order valence-corrected chi connectivity index (χ2v) is 12.7. The number of hydrogen-bond donors (Lipinski definition) is 0. The number of oxazole rings is 1. The molecule has 3 aromatic rings. The second-order valence-electron chi connectivity index (χ2n) is 10.6. The van der Waals surface area contributed by atoms with E-state index in [1.165, 1.54) is 41.3 Å². The summed E-state index contributed by atoms with van der Waals surface area (Å²) >= 11 is 3.13. The van der Waals surface area contributed by atoms with Crippen LogP contribution >= 0.6 is 23.1 Å². The first-order valence-electron chi connectivity index (χ1n) is 14.4. The third kappa shape index (κ3) is 5.39. The molecule has 0 aromatic carbocycles. The molecule has 4 heterocycles. The summed E-state index contributed by atoms with van der Waals surface area (Å²) < 4.78 is 12.7. The molecular weight excluding hydrogens is 550 g/mol. The Morgan fingerprint density at radius 3 is 2.58 bits per heavy atom. The van der Waals surface area contributed by atoms with Gasteiger partial charge in [0.25, 0.3) is 11.5 Å². The van der Waals surface area contributed by atoms with Crippen LogP contribution in [0, 0.1) is 0 Å². The van der Waals surface area contributed by atoms with Gasteiger partial charge in [0.05, 0.1) is 17.7 Å². The van der Waals surface area contributed by atoms with Gasteiger partial charge in [0.2, 0.25) is 5.89 Å². The Bertz CT molecular complexity index is 1450. The van der Waals surface area contributed by atoms with Gasteiger partial charge in [0.15, 0.2) is 10.9 Å².